The standard InChI is InChI=1S/C19H31FO/c1-16(2,3)12-19(20)10-13(17(4,5)6)15(21)14(11-19)18(7,8)9/h10-11H,12H2,1-9H3. The molecule has 0 aromatic carbocycles. The summed E-state index contributed by atoms with van der Waals surface area (Å²) in [6.45, 7) is 17.9. The lowest BCUT2D eigenvalue weighted by Gasteiger charge is -2.37. The molecule has 0 saturated carbocycles. The van der Waals surface area contributed by atoms with Gasteiger partial charge in [-0.1, -0.05) is 62.3 Å². The maximum absolute atomic E-state index is 15.5. The molecule has 2 heteroatoms. The topological polar surface area (TPSA) is 17.1 Å². The molecule has 0 N–H and O–H groups in total. The number of alkyl halides is 1. The summed E-state index contributed by atoms with van der Waals surface area (Å²) in [6, 6.07) is 0. The number of carbonyl (C=O) groups is 1. The Morgan fingerprint density at radius 1 is 0.857 bits per heavy atom. The number of hydrogen-bond donors (Lipinski definition) is 0. The molecule has 0 spiro atoms. The number of allylic oxidation sites excluding steroid dienone is 4. The van der Waals surface area contributed by atoms with Crippen molar-refractivity contribution in [2.24, 2.45) is 16.2 Å². The largest absolute Gasteiger partial charge is 0.289 e. The molecule has 21 heavy (non-hydrogen) atoms. The van der Waals surface area contributed by atoms with Crippen molar-refractivity contribution in [2.75, 3.05) is 0 Å². The van der Waals surface area contributed by atoms with Gasteiger partial charge in [0.1, 0.15) is 5.67 Å². The third kappa shape index (κ3) is 4.52. The second kappa shape index (κ2) is 5.07. The Labute approximate surface area is 129 Å². The molecule has 0 atom stereocenters. The van der Waals surface area contributed by atoms with Crippen LogP contribution in [0.3, 0.4) is 0 Å². The predicted octanol–water partition coefficient (Wildman–Crippen LogP) is 5.66. The van der Waals surface area contributed by atoms with Crippen molar-refractivity contribution in [3.63, 3.8) is 0 Å². The van der Waals surface area contributed by atoms with Crippen molar-refractivity contribution in [3.8, 4) is 0 Å². The minimum absolute atomic E-state index is 0.00261. The highest BCUT2D eigenvalue weighted by atomic mass is 19.1. The molecule has 0 fully saturated rings. The fourth-order valence-corrected chi connectivity index (χ4v) is 2.83. The van der Waals surface area contributed by atoms with Crippen LogP contribution in [0.4, 0.5) is 4.39 Å². The van der Waals surface area contributed by atoms with Crippen LogP contribution in [0.5, 0.6) is 0 Å². The summed E-state index contributed by atoms with van der Waals surface area (Å²) < 4.78 is 15.5. The van der Waals surface area contributed by atoms with Crippen molar-refractivity contribution in [1.82, 2.24) is 0 Å². The van der Waals surface area contributed by atoms with E-state index in [0.717, 1.165) is 0 Å². The molecule has 1 aliphatic carbocycles. The first-order valence-electron chi connectivity index (χ1n) is 7.75. The summed E-state index contributed by atoms with van der Waals surface area (Å²) in [5, 5.41) is 0. The van der Waals surface area contributed by atoms with Crippen LogP contribution >= 0.6 is 0 Å². The maximum Gasteiger partial charge on any atom is 0.185 e. The molecular formula is C19H31FO. The smallest absolute Gasteiger partial charge is 0.185 e. The SMILES string of the molecule is CC(C)(C)CC1(F)C=C(C(C)(C)C)C(=O)C(C(C)(C)C)=C1. The van der Waals surface area contributed by atoms with Crippen LogP contribution in [0.25, 0.3) is 0 Å². The summed E-state index contributed by atoms with van der Waals surface area (Å²) in [5.41, 5.74) is -1.19. The number of hydrogen-bond acceptors (Lipinski definition) is 1. The van der Waals surface area contributed by atoms with E-state index in [0.29, 0.717) is 17.6 Å². The van der Waals surface area contributed by atoms with Crippen molar-refractivity contribution in [3.05, 3.63) is 23.3 Å². The van der Waals surface area contributed by atoms with Crippen LogP contribution in [0.1, 0.15) is 68.7 Å². The Balaban J connectivity index is 3.45. The number of ketones is 1. The zero-order valence-corrected chi connectivity index (χ0v) is 15.1. The lowest BCUT2D eigenvalue weighted by Crippen LogP contribution is -2.36. The number of halogens is 1. The average Bonchev–Trinajstić information content (AvgIpc) is 2.15. The highest BCUT2D eigenvalue weighted by Gasteiger charge is 2.42. The van der Waals surface area contributed by atoms with Gasteiger partial charge >= 0.3 is 0 Å². The first-order valence-corrected chi connectivity index (χ1v) is 7.75. The van der Waals surface area contributed by atoms with Crippen molar-refractivity contribution in [2.45, 2.75) is 74.4 Å². The van der Waals surface area contributed by atoms with E-state index in [1.807, 2.05) is 62.3 Å². The van der Waals surface area contributed by atoms with E-state index in [1.165, 1.54) is 0 Å². The number of carbonyl (C=O) groups excluding carboxylic acids is 1. The van der Waals surface area contributed by atoms with Gasteiger partial charge in [0.25, 0.3) is 0 Å². The van der Waals surface area contributed by atoms with Gasteiger partial charge in [-0.2, -0.15) is 0 Å². The van der Waals surface area contributed by atoms with Gasteiger partial charge < -0.3 is 0 Å². The minimum atomic E-state index is -1.54. The Morgan fingerprint density at radius 3 is 1.43 bits per heavy atom. The van der Waals surface area contributed by atoms with Crippen molar-refractivity contribution < 1.29 is 9.18 Å². The highest BCUT2D eigenvalue weighted by molar-refractivity contribution is 6.11. The zero-order valence-electron chi connectivity index (χ0n) is 15.1. The van der Waals surface area contributed by atoms with Gasteiger partial charge in [-0.25, -0.2) is 4.39 Å². The molecule has 0 aliphatic heterocycles. The summed E-state index contributed by atoms with van der Waals surface area (Å²) in [6.07, 6.45) is 3.51. The molecule has 1 aliphatic rings. The highest BCUT2D eigenvalue weighted by Crippen LogP contribution is 2.44. The van der Waals surface area contributed by atoms with E-state index in [9.17, 15) is 4.79 Å². The van der Waals surface area contributed by atoms with E-state index in [4.69, 9.17) is 0 Å². The molecule has 0 aromatic heterocycles. The molecule has 0 amide bonds. The fourth-order valence-electron chi connectivity index (χ4n) is 2.83. The van der Waals surface area contributed by atoms with Gasteiger partial charge in [-0.05, 0) is 34.8 Å². The van der Waals surface area contributed by atoms with E-state index in [2.05, 4.69) is 0 Å². The van der Waals surface area contributed by atoms with Crippen molar-refractivity contribution >= 4 is 5.78 Å². The van der Waals surface area contributed by atoms with Gasteiger partial charge in [0.2, 0.25) is 0 Å². The number of Topliss-reactive ketones (excluding diaryl/α,β-unsaturated/α-hetero) is 1. The molecule has 0 aromatic rings. The van der Waals surface area contributed by atoms with Gasteiger partial charge in [-0.15, -0.1) is 0 Å². The lowest BCUT2D eigenvalue weighted by molar-refractivity contribution is -0.114. The second-order valence-corrected chi connectivity index (χ2v) is 9.61. The van der Waals surface area contributed by atoms with Crippen molar-refractivity contribution in [1.29, 1.82) is 0 Å². The summed E-state index contributed by atoms with van der Waals surface area (Å²) in [5.74, 6) is -0.00261. The molecule has 0 saturated heterocycles. The first-order chi connectivity index (χ1) is 9.05. The third-order valence-corrected chi connectivity index (χ3v) is 3.68. The van der Waals surface area contributed by atoms with E-state index in [-0.39, 0.29) is 22.0 Å². The molecule has 0 radical (unpaired) electrons. The van der Waals surface area contributed by atoms with E-state index >= 15 is 4.39 Å². The predicted molar refractivity (Wildman–Crippen MR) is 88.0 cm³/mol. The third-order valence-electron chi connectivity index (χ3n) is 3.68. The Kier molecular flexibility index (Phi) is 4.38. The van der Waals surface area contributed by atoms with E-state index < -0.39 is 5.67 Å². The quantitative estimate of drug-likeness (QED) is 0.610. The van der Waals surface area contributed by atoms with Crippen LogP contribution in [0, 0.1) is 16.2 Å². The second-order valence-electron chi connectivity index (χ2n) is 9.61. The molecule has 0 heterocycles. The fraction of sp³-hybridized carbons (Fsp3) is 0.737. The van der Waals surface area contributed by atoms with Crippen LogP contribution in [-0.4, -0.2) is 11.5 Å². The minimum Gasteiger partial charge on any atom is -0.289 e. The van der Waals surface area contributed by atoms with Gasteiger partial charge in [0, 0.05) is 11.1 Å². The van der Waals surface area contributed by atoms with Gasteiger partial charge in [0.05, 0.1) is 0 Å². The molecular weight excluding hydrogens is 263 g/mol. The summed E-state index contributed by atoms with van der Waals surface area (Å²) in [7, 11) is 0. The number of rotatable bonds is 1. The Hall–Kier alpha value is -0.920. The Morgan fingerprint density at radius 2 is 1.19 bits per heavy atom. The zero-order chi connectivity index (χ0) is 16.9. The molecule has 1 nitrogen and oxygen atoms in total. The normalized spacial score (nSPS) is 20.2. The summed E-state index contributed by atoms with van der Waals surface area (Å²) in [4.78, 5) is 12.8. The summed E-state index contributed by atoms with van der Waals surface area (Å²) >= 11 is 0. The van der Waals surface area contributed by atoms with Crippen LogP contribution in [0.2, 0.25) is 0 Å². The molecule has 0 unspecified atom stereocenters. The van der Waals surface area contributed by atoms with Crippen LogP contribution in [-0.2, 0) is 4.79 Å². The van der Waals surface area contributed by atoms with Gasteiger partial charge in [-0.3, -0.25) is 4.79 Å². The Bertz CT molecular complexity index is 453. The molecule has 1 rings (SSSR count). The van der Waals surface area contributed by atoms with Crippen LogP contribution in [0.15, 0.2) is 23.3 Å². The molecule has 120 valence electrons. The average molecular weight is 294 g/mol. The van der Waals surface area contributed by atoms with E-state index in [1.54, 1.807) is 12.2 Å². The maximum atomic E-state index is 15.5. The van der Waals surface area contributed by atoms with Crippen LogP contribution < -0.4 is 0 Å². The monoisotopic (exact) mass is 294 g/mol. The molecule has 0 bridgehead atoms. The first kappa shape index (κ1) is 18.1. The van der Waals surface area contributed by atoms with Gasteiger partial charge in [0.15, 0.2) is 5.78 Å². The lowest BCUT2D eigenvalue weighted by atomic mass is 9.68.